The van der Waals surface area contributed by atoms with Gasteiger partial charge in [0.2, 0.25) is 5.91 Å². The third kappa shape index (κ3) is 4.64. The van der Waals surface area contributed by atoms with Gasteiger partial charge in [-0.3, -0.25) is 4.79 Å². The molecule has 0 radical (unpaired) electrons. The third-order valence-corrected chi connectivity index (χ3v) is 2.26. The lowest BCUT2D eigenvalue weighted by atomic mass is 10.3. The molecule has 0 saturated carbocycles. The maximum absolute atomic E-state index is 11.6. The number of halogens is 1. The molecular formula is C12H16ClNO2. The summed E-state index contributed by atoms with van der Waals surface area (Å²) in [5.74, 6) is -0.232. The highest BCUT2D eigenvalue weighted by Gasteiger charge is 2.15. The van der Waals surface area contributed by atoms with Crippen LogP contribution in [0.1, 0.15) is 13.3 Å². The first-order valence-electron chi connectivity index (χ1n) is 5.31. The largest absolute Gasteiger partial charge is 0.379 e. The molecule has 3 nitrogen and oxygen atoms in total. The fourth-order valence-electron chi connectivity index (χ4n) is 1.15. The van der Waals surface area contributed by atoms with Crippen molar-refractivity contribution in [3.8, 4) is 0 Å². The van der Waals surface area contributed by atoms with Gasteiger partial charge >= 0.3 is 0 Å². The summed E-state index contributed by atoms with van der Waals surface area (Å²) in [4.78, 5) is 11.6. The van der Waals surface area contributed by atoms with E-state index < -0.39 is 5.38 Å². The second kappa shape index (κ2) is 7.25. The predicted octanol–water partition coefficient (Wildman–Crippen LogP) is 2.66. The van der Waals surface area contributed by atoms with Gasteiger partial charge in [0.15, 0.2) is 0 Å². The van der Waals surface area contributed by atoms with Crippen LogP contribution in [-0.4, -0.2) is 24.5 Å². The first-order chi connectivity index (χ1) is 7.74. The van der Waals surface area contributed by atoms with Crippen molar-refractivity contribution in [1.29, 1.82) is 0 Å². The topological polar surface area (TPSA) is 38.3 Å². The highest BCUT2D eigenvalue weighted by Crippen LogP contribution is 2.07. The van der Waals surface area contributed by atoms with Crippen LogP contribution in [0.5, 0.6) is 0 Å². The molecule has 1 amide bonds. The van der Waals surface area contributed by atoms with E-state index in [9.17, 15) is 4.79 Å². The number of alkyl halides is 1. The molecular weight excluding hydrogens is 226 g/mol. The van der Waals surface area contributed by atoms with Crippen molar-refractivity contribution in [2.75, 3.05) is 18.5 Å². The van der Waals surface area contributed by atoms with Crippen LogP contribution in [0, 0.1) is 0 Å². The monoisotopic (exact) mass is 241 g/mol. The number of ether oxygens (including phenoxy) is 1. The summed E-state index contributed by atoms with van der Waals surface area (Å²) >= 11 is 5.88. The molecule has 1 unspecified atom stereocenters. The molecule has 4 heteroatoms. The first-order valence-corrected chi connectivity index (χ1v) is 5.75. The highest BCUT2D eigenvalue weighted by molar-refractivity contribution is 6.32. The molecule has 0 aliphatic rings. The zero-order valence-electron chi connectivity index (χ0n) is 9.28. The minimum Gasteiger partial charge on any atom is -0.379 e. The Kier molecular flexibility index (Phi) is 5.90. The molecule has 0 heterocycles. The molecule has 88 valence electrons. The number of hydrogen-bond donors (Lipinski definition) is 1. The first kappa shape index (κ1) is 13.0. The lowest BCUT2D eigenvalue weighted by molar-refractivity contribution is -0.116. The van der Waals surface area contributed by atoms with Crippen molar-refractivity contribution >= 4 is 23.2 Å². The smallest absolute Gasteiger partial charge is 0.244 e. The Hall–Kier alpha value is -1.06. The second-order valence-corrected chi connectivity index (χ2v) is 3.92. The zero-order valence-corrected chi connectivity index (χ0v) is 10.0. The highest BCUT2D eigenvalue weighted by atomic mass is 35.5. The van der Waals surface area contributed by atoms with Crippen LogP contribution in [0.4, 0.5) is 5.69 Å². The zero-order chi connectivity index (χ0) is 11.8. The lowest BCUT2D eigenvalue weighted by Gasteiger charge is -2.10. The lowest BCUT2D eigenvalue weighted by Crippen LogP contribution is -2.27. The van der Waals surface area contributed by atoms with Crippen molar-refractivity contribution in [3.63, 3.8) is 0 Å². The summed E-state index contributed by atoms with van der Waals surface area (Å²) in [6.45, 7) is 2.88. The van der Waals surface area contributed by atoms with Crippen molar-refractivity contribution in [2.24, 2.45) is 0 Å². The third-order valence-electron chi connectivity index (χ3n) is 1.94. The Morgan fingerprint density at radius 2 is 2.12 bits per heavy atom. The molecule has 0 aliphatic carbocycles. The van der Waals surface area contributed by atoms with E-state index in [2.05, 4.69) is 5.32 Å². The molecule has 0 fully saturated rings. The van der Waals surface area contributed by atoms with Gasteiger partial charge < -0.3 is 10.1 Å². The molecule has 1 N–H and O–H groups in total. The van der Waals surface area contributed by atoms with Crippen molar-refractivity contribution in [1.82, 2.24) is 0 Å². The minimum absolute atomic E-state index is 0.232. The van der Waals surface area contributed by atoms with Gasteiger partial charge in [-0.1, -0.05) is 25.1 Å². The Morgan fingerprint density at radius 1 is 1.44 bits per heavy atom. The molecule has 0 aromatic heterocycles. The quantitative estimate of drug-likeness (QED) is 0.614. The Balaban J connectivity index is 2.34. The average molecular weight is 242 g/mol. The van der Waals surface area contributed by atoms with E-state index in [0.717, 1.165) is 12.1 Å². The molecule has 0 saturated heterocycles. The number of carbonyl (C=O) groups is 1. The standard InChI is InChI=1S/C12H16ClNO2/c1-2-8-16-9-11(13)12(15)14-10-6-4-3-5-7-10/h3-7,11H,2,8-9H2,1H3,(H,14,15). The number of nitrogens with one attached hydrogen (secondary N) is 1. The van der Waals surface area contributed by atoms with Crippen LogP contribution in [0.15, 0.2) is 30.3 Å². The average Bonchev–Trinajstić information content (AvgIpc) is 2.30. The second-order valence-electron chi connectivity index (χ2n) is 3.40. The van der Waals surface area contributed by atoms with Crippen molar-refractivity contribution in [2.45, 2.75) is 18.7 Å². The molecule has 0 aliphatic heterocycles. The van der Waals surface area contributed by atoms with E-state index in [1.165, 1.54) is 0 Å². The fraction of sp³-hybridized carbons (Fsp3) is 0.417. The Morgan fingerprint density at radius 3 is 2.75 bits per heavy atom. The molecule has 1 rings (SSSR count). The number of amides is 1. The molecule has 16 heavy (non-hydrogen) atoms. The maximum atomic E-state index is 11.6. The van der Waals surface area contributed by atoms with Gasteiger partial charge in [-0.25, -0.2) is 0 Å². The van der Waals surface area contributed by atoms with Crippen LogP contribution in [0.2, 0.25) is 0 Å². The minimum atomic E-state index is -0.647. The number of hydrogen-bond acceptors (Lipinski definition) is 2. The van der Waals surface area contributed by atoms with E-state index in [1.54, 1.807) is 0 Å². The van der Waals surface area contributed by atoms with Gasteiger partial charge in [0, 0.05) is 12.3 Å². The number of para-hydroxylation sites is 1. The summed E-state index contributed by atoms with van der Waals surface area (Å²) in [5, 5.41) is 2.07. The maximum Gasteiger partial charge on any atom is 0.244 e. The van der Waals surface area contributed by atoms with E-state index in [0.29, 0.717) is 6.61 Å². The van der Waals surface area contributed by atoms with Crippen LogP contribution in [-0.2, 0) is 9.53 Å². The van der Waals surface area contributed by atoms with Gasteiger partial charge in [-0.15, -0.1) is 11.6 Å². The van der Waals surface area contributed by atoms with Crippen LogP contribution >= 0.6 is 11.6 Å². The van der Waals surface area contributed by atoms with E-state index >= 15 is 0 Å². The number of rotatable bonds is 6. The predicted molar refractivity (Wildman–Crippen MR) is 65.8 cm³/mol. The molecule has 1 aromatic rings. The number of carbonyl (C=O) groups excluding carboxylic acids is 1. The van der Waals surface area contributed by atoms with Crippen molar-refractivity contribution in [3.05, 3.63) is 30.3 Å². The number of anilines is 1. The van der Waals surface area contributed by atoms with Gasteiger partial charge in [-0.2, -0.15) is 0 Å². The van der Waals surface area contributed by atoms with Crippen LogP contribution < -0.4 is 5.32 Å². The van der Waals surface area contributed by atoms with E-state index in [-0.39, 0.29) is 12.5 Å². The van der Waals surface area contributed by atoms with Gasteiger partial charge in [-0.05, 0) is 18.6 Å². The van der Waals surface area contributed by atoms with Crippen LogP contribution in [0.3, 0.4) is 0 Å². The van der Waals surface area contributed by atoms with E-state index in [4.69, 9.17) is 16.3 Å². The summed E-state index contributed by atoms with van der Waals surface area (Å²) in [5.41, 5.74) is 0.744. The summed E-state index contributed by atoms with van der Waals surface area (Å²) in [6.07, 6.45) is 0.921. The molecule has 0 spiro atoms. The molecule has 1 atom stereocenters. The summed E-state index contributed by atoms with van der Waals surface area (Å²) in [7, 11) is 0. The summed E-state index contributed by atoms with van der Waals surface area (Å²) in [6, 6.07) is 9.22. The molecule has 0 bridgehead atoms. The SMILES string of the molecule is CCCOCC(Cl)C(=O)Nc1ccccc1. The van der Waals surface area contributed by atoms with E-state index in [1.807, 2.05) is 37.3 Å². The molecule has 1 aromatic carbocycles. The Labute approximate surface area is 101 Å². The van der Waals surface area contributed by atoms with Gasteiger partial charge in [0.1, 0.15) is 5.38 Å². The van der Waals surface area contributed by atoms with Crippen LogP contribution in [0.25, 0.3) is 0 Å². The Bertz CT molecular complexity index is 316. The normalized spacial score (nSPS) is 12.1. The van der Waals surface area contributed by atoms with Crippen molar-refractivity contribution < 1.29 is 9.53 Å². The van der Waals surface area contributed by atoms with Gasteiger partial charge in [0.25, 0.3) is 0 Å². The number of benzene rings is 1. The fourth-order valence-corrected chi connectivity index (χ4v) is 1.29. The van der Waals surface area contributed by atoms with Gasteiger partial charge in [0.05, 0.1) is 6.61 Å². The summed E-state index contributed by atoms with van der Waals surface area (Å²) < 4.78 is 5.21.